The molecule has 0 bridgehead atoms. The van der Waals surface area contributed by atoms with E-state index in [9.17, 15) is 9.18 Å². The van der Waals surface area contributed by atoms with E-state index in [4.69, 9.17) is 27.9 Å². The molecule has 1 amide bonds. The number of carbonyl (C=O) groups excluding carboxylic acids is 1. The molecule has 2 aliphatic heterocycles. The van der Waals surface area contributed by atoms with Gasteiger partial charge in [-0.3, -0.25) is 4.90 Å². The van der Waals surface area contributed by atoms with Crippen LogP contribution in [-0.4, -0.2) is 40.2 Å². The monoisotopic (exact) mass is 281 g/mol. The molecule has 1 saturated heterocycles. The van der Waals surface area contributed by atoms with Gasteiger partial charge in [-0.15, -0.1) is 0 Å². The molecule has 0 aromatic carbocycles. The maximum absolute atomic E-state index is 13.4. The molecule has 2 rings (SSSR count). The van der Waals surface area contributed by atoms with E-state index in [0.717, 1.165) is 4.90 Å². The Morgan fingerprint density at radius 3 is 3.12 bits per heavy atom. The van der Waals surface area contributed by atoms with Crippen molar-refractivity contribution >= 4 is 34.6 Å². The maximum Gasteiger partial charge on any atom is 0.413 e. The summed E-state index contributed by atoms with van der Waals surface area (Å²) in [5.41, 5.74) is 0. The molecule has 3 atom stereocenters. The van der Waals surface area contributed by atoms with Crippen molar-refractivity contribution in [3.63, 3.8) is 0 Å². The highest BCUT2D eigenvalue weighted by Gasteiger charge is 2.49. The van der Waals surface area contributed by atoms with Crippen LogP contribution < -0.4 is 5.32 Å². The van der Waals surface area contributed by atoms with Crippen LogP contribution >= 0.6 is 23.2 Å². The van der Waals surface area contributed by atoms with Gasteiger partial charge in [0.2, 0.25) is 5.12 Å². The van der Waals surface area contributed by atoms with Gasteiger partial charge < -0.3 is 10.1 Å². The average Bonchev–Trinajstić information content (AvgIpc) is 2.60. The van der Waals surface area contributed by atoms with Crippen LogP contribution in [0.4, 0.5) is 9.18 Å². The Labute approximate surface area is 107 Å². The number of ether oxygens (including phenoxy) is 1. The highest BCUT2D eigenvalue weighted by Crippen LogP contribution is 2.31. The van der Waals surface area contributed by atoms with Crippen LogP contribution in [0.5, 0.6) is 0 Å². The van der Waals surface area contributed by atoms with Crippen molar-refractivity contribution in [2.24, 2.45) is 4.99 Å². The molecule has 17 heavy (non-hydrogen) atoms. The number of aliphatic imine (C=N–C) groups is 1. The Morgan fingerprint density at radius 1 is 1.82 bits per heavy atom. The number of carbonyl (C=O) groups is 1. The zero-order chi connectivity index (χ0) is 12.6. The van der Waals surface area contributed by atoms with Crippen LogP contribution in [0.25, 0.3) is 0 Å². The van der Waals surface area contributed by atoms with E-state index < -0.39 is 23.4 Å². The van der Waals surface area contributed by atoms with Gasteiger partial charge in [0.1, 0.15) is 18.8 Å². The van der Waals surface area contributed by atoms with E-state index in [1.165, 1.54) is 19.2 Å². The maximum atomic E-state index is 13.4. The van der Waals surface area contributed by atoms with Crippen molar-refractivity contribution in [1.29, 1.82) is 0 Å². The van der Waals surface area contributed by atoms with Crippen molar-refractivity contribution in [3.05, 3.63) is 12.3 Å². The Kier molecular flexibility index (Phi) is 3.18. The minimum atomic E-state index is -1.45. The SMILES string of the molecule is CC(F)[C@H]1COC(=O)N1C1(Cl)C=CN=C(Cl)N1. The standard InChI is InChI=1S/C9H10Cl2FN3O2/c1-5(12)6-4-17-8(16)15(6)9(11)2-3-13-7(10)14-9/h2-3,5-6H,4H2,1H3,(H,13,14)/t5?,6-,9?/m1/s1. The number of nitrogens with one attached hydrogen (secondary N) is 1. The predicted octanol–water partition coefficient (Wildman–Crippen LogP) is 1.77. The first-order chi connectivity index (χ1) is 7.94. The number of hydrogen-bond acceptors (Lipinski definition) is 4. The van der Waals surface area contributed by atoms with Crippen molar-refractivity contribution in [3.8, 4) is 0 Å². The number of hydrogen-bond donors (Lipinski definition) is 1. The first-order valence-electron chi connectivity index (χ1n) is 4.92. The van der Waals surface area contributed by atoms with Gasteiger partial charge >= 0.3 is 6.09 Å². The largest absolute Gasteiger partial charge is 0.447 e. The van der Waals surface area contributed by atoms with Crippen LogP contribution in [0, 0.1) is 0 Å². The highest BCUT2D eigenvalue weighted by atomic mass is 35.5. The Hall–Kier alpha value is -1.01. The fraction of sp³-hybridized carbons (Fsp3) is 0.556. The molecular formula is C9H10Cl2FN3O2. The topological polar surface area (TPSA) is 53.9 Å². The molecule has 0 spiro atoms. The molecule has 2 aliphatic rings. The van der Waals surface area contributed by atoms with Gasteiger partial charge in [-0.25, -0.2) is 14.2 Å². The van der Waals surface area contributed by atoms with Crippen LogP contribution in [0.2, 0.25) is 0 Å². The molecular weight excluding hydrogens is 272 g/mol. The molecule has 2 heterocycles. The predicted molar refractivity (Wildman–Crippen MR) is 61.7 cm³/mol. The number of amidine groups is 1. The van der Waals surface area contributed by atoms with Gasteiger partial charge in [-0.2, -0.15) is 0 Å². The van der Waals surface area contributed by atoms with Gasteiger partial charge in [0.25, 0.3) is 0 Å². The third-order valence-corrected chi connectivity index (χ3v) is 3.14. The normalized spacial score (nSPS) is 34.1. The van der Waals surface area contributed by atoms with E-state index in [1.54, 1.807) is 0 Å². The molecule has 2 unspecified atom stereocenters. The summed E-state index contributed by atoms with van der Waals surface area (Å²) in [6.07, 6.45) is 0.780. The molecule has 1 N–H and O–H groups in total. The summed E-state index contributed by atoms with van der Waals surface area (Å²) in [7, 11) is 0. The lowest BCUT2D eigenvalue weighted by atomic mass is 10.2. The lowest BCUT2D eigenvalue weighted by Gasteiger charge is -2.37. The minimum Gasteiger partial charge on any atom is -0.447 e. The summed E-state index contributed by atoms with van der Waals surface area (Å²) < 4.78 is 18.2. The van der Waals surface area contributed by atoms with Crippen LogP contribution in [-0.2, 0) is 4.74 Å². The van der Waals surface area contributed by atoms with E-state index in [2.05, 4.69) is 10.3 Å². The summed E-state index contributed by atoms with van der Waals surface area (Å²) in [4.78, 5) is 16.4. The average molecular weight is 282 g/mol. The van der Waals surface area contributed by atoms with E-state index in [-0.39, 0.29) is 11.9 Å². The first-order valence-corrected chi connectivity index (χ1v) is 5.68. The summed E-state index contributed by atoms with van der Waals surface area (Å²) in [6, 6.07) is -0.764. The molecule has 0 aromatic rings. The molecule has 0 aromatic heterocycles. The van der Waals surface area contributed by atoms with Crippen molar-refractivity contribution in [2.75, 3.05) is 6.61 Å². The molecule has 1 fully saturated rings. The smallest absolute Gasteiger partial charge is 0.413 e. The zero-order valence-corrected chi connectivity index (χ0v) is 10.4. The summed E-state index contributed by atoms with van der Waals surface area (Å²) in [5.74, 6) is 0. The third-order valence-electron chi connectivity index (χ3n) is 2.55. The molecule has 0 saturated carbocycles. The fourth-order valence-electron chi connectivity index (χ4n) is 1.71. The second-order valence-corrected chi connectivity index (χ2v) is 4.66. The number of nitrogens with zero attached hydrogens (tertiary/aromatic N) is 2. The summed E-state index contributed by atoms with van der Waals surface area (Å²) >= 11 is 11.9. The van der Waals surface area contributed by atoms with Gasteiger partial charge in [0, 0.05) is 6.20 Å². The third kappa shape index (κ3) is 2.19. The second kappa shape index (κ2) is 4.34. The molecule has 8 heteroatoms. The Balaban J connectivity index is 2.28. The number of amides is 1. The molecule has 0 radical (unpaired) electrons. The molecule has 5 nitrogen and oxygen atoms in total. The van der Waals surface area contributed by atoms with Crippen molar-refractivity contribution in [2.45, 2.75) is 24.3 Å². The van der Waals surface area contributed by atoms with Gasteiger partial charge in [-0.1, -0.05) is 11.6 Å². The van der Waals surface area contributed by atoms with E-state index in [1.807, 2.05) is 0 Å². The van der Waals surface area contributed by atoms with Crippen LogP contribution in [0.1, 0.15) is 6.92 Å². The lowest BCUT2D eigenvalue weighted by molar-refractivity contribution is 0.123. The van der Waals surface area contributed by atoms with Crippen molar-refractivity contribution < 1.29 is 13.9 Å². The molecule has 0 aliphatic carbocycles. The van der Waals surface area contributed by atoms with Crippen molar-refractivity contribution in [1.82, 2.24) is 10.2 Å². The van der Waals surface area contributed by atoms with Gasteiger partial charge in [0.15, 0.2) is 5.29 Å². The first kappa shape index (κ1) is 12.4. The Morgan fingerprint density at radius 2 is 2.53 bits per heavy atom. The second-order valence-electron chi connectivity index (χ2n) is 3.73. The minimum absolute atomic E-state index is 0.0208. The highest BCUT2D eigenvalue weighted by molar-refractivity contribution is 6.65. The quantitative estimate of drug-likeness (QED) is 0.620. The number of alkyl halides is 2. The number of rotatable bonds is 2. The van der Waals surface area contributed by atoms with E-state index >= 15 is 0 Å². The fourth-order valence-corrected chi connectivity index (χ4v) is 2.30. The van der Waals surface area contributed by atoms with Gasteiger partial charge in [0.05, 0.1) is 0 Å². The zero-order valence-electron chi connectivity index (χ0n) is 8.86. The van der Waals surface area contributed by atoms with E-state index in [0.29, 0.717) is 0 Å². The van der Waals surface area contributed by atoms with Gasteiger partial charge in [-0.05, 0) is 24.6 Å². The summed E-state index contributed by atoms with van der Waals surface area (Å²) in [6.45, 7) is 1.29. The Bertz CT molecular complexity index is 402. The van der Waals surface area contributed by atoms with Crippen LogP contribution in [0.15, 0.2) is 17.3 Å². The molecule has 94 valence electrons. The number of halogens is 3. The number of cyclic esters (lactones) is 1. The summed E-state index contributed by atoms with van der Waals surface area (Å²) in [5, 5.41) is 1.18. The lowest BCUT2D eigenvalue weighted by Crippen LogP contribution is -2.60. The van der Waals surface area contributed by atoms with Crippen LogP contribution in [0.3, 0.4) is 0 Å².